The van der Waals surface area contributed by atoms with E-state index < -0.39 is 0 Å². The summed E-state index contributed by atoms with van der Waals surface area (Å²) in [6.07, 6.45) is 6.51. The normalized spacial score (nSPS) is 36.5. The SMILES string of the molecule is CC1CCC(CO)CN1CCC1CCCN1C. The van der Waals surface area contributed by atoms with Gasteiger partial charge in [-0.1, -0.05) is 0 Å². The third kappa shape index (κ3) is 3.43. The second-order valence-electron chi connectivity index (χ2n) is 6.04. The van der Waals surface area contributed by atoms with Crippen molar-refractivity contribution in [1.29, 1.82) is 0 Å². The standard InChI is InChI=1S/C14H28N2O/c1-12-5-6-13(11-17)10-16(12)9-7-14-4-3-8-15(14)2/h12-14,17H,3-11H2,1-2H3. The lowest BCUT2D eigenvalue weighted by Gasteiger charge is -2.38. The zero-order chi connectivity index (χ0) is 12.3. The van der Waals surface area contributed by atoms with Gasteiger partial charge in [0, 0.05) is 25.2 Å². The Labute approximate surface area is 106 Å². The average Bonchev–Trinajstić information content (AvgIpc) is 2.74. The maximum Gasteiger partial charge on any atom is 0.0471 e. The van der Waals surface area contributed by atoms with Gasteiger partial charge in [0.05, 0.1) is 0 Å². The summed E-state index contributed by atoms with van der Waals surface area (Å²) < 4.78 is 0. The molecule has 0 spiro atoms. The lowest BCUT2D eigenvalue weighted by Crippen LogP contribution is -2.44. The summed E-state index contributed by atoms with van der Waals surface area (Å²) in [6.45, 7) is 6.30. The molecule has 2 rings (SSSR count). The van der Waals surface area contributed by atoms with Crippen molar-refractivity contribution in [2.75, 3.05) is 33.3 Å². The van der Waals surface area contributed by atoms with Crippen LogP contribution in [-0.4, -0.2) is 60.3 Å². The summed E-state index contributed by atoms with van der Waals surface area (Å²) in [4.78, 5) is 5.11. The van der Waals surface area contributed by atoms with Crippen molar-refractivity contribution in [3.63, 3.8) is 0 Å². The largest absolute Gasteiger partial charge is 0.396 e. The maximum atomic E-state index is 9.28. The number of hydrogen-bond acceptors (Lipinski definition) is 3. The van der Waals surface area contributed by atoms with Gasteiger partial charge in [0.2, 0.25) is 0 Å². The van der Waals surface area contributed by atoms with Gasteiger partial charge >= 0.3 is 0 Å². The molecule has 1 N–H and O–H groups in total. The Balaban J connectivity index is 1.76. The maximum absolute atomic E-state index is 9.28. The summed E-state index contributed by atoms with van der Waals surface area (Å²) in [5.74, 6) is 0.521. The van der Waals surface area contributed by atoms with Crippen LogP contribution < -0.4 is 0 Å². The van der Waals surface area contributed by atoms with Crippen molar-refractivity contribution < 1.29 is 5.11 Å². The molecule has 0 saturated carbocycles. The Kier molecular flexibility index (Phi) is 4.83. The van der Waals surface area contributed by atoms with Gasteiger partial charge in [-0.05, 0) is 65.1 Å². The van der Waals surface area contributed by atoms with Crippen molar-refractivity contribution in [3.05, 3.63) is 0 Å². The Morgan fingerprint density at radius 3 is 2.71 bits per heavy atom. The number of rotatable bonds is 4. The number of aliphatic hydroxyl groups is 1. The predicted molar refractivity (Wildman–Crippen MR) is 71.1 cm³/mol. The molecule has 2 saturated heterocycles. The fourth-order valence-corrected chi connectivity index (χ4v) is 3.38. The number of likely N-dealkylation sites (tertiary alicyclic amines) is 2. The molecule has 2 fully saturated rings. The van der Waals surface area contributed by atoms with Crippen LogP contribution in [0.5, 0.6) is 0 Å². The molecule has 0 amide bonds. The molecule has 0 radical (unpaired) electrons. The summed E-state index contributed by atoms with van der Waals surface area (Å²) in [5, 5.41) is 9.28. The van der Waals surface area contributed by atoms with Gasteiger partial charge in [-0.15, -0.1) is 0 Å². The van der Waals surface area contributed by atoms with E-state index in [0.717, 1.165) is 12.6 Å². The van der Waals surface area contributed by atoms with Gasteiger partial charge in [0.1, 0.15) is 0 Å². The first-order valence-corrected chi connectivity index (χ1v) is 7.26. The van der Waals surface area contributed by atoms with Gasteiger partial charge in [-0.25, -0.2) is 0 Å². The van der Waals surface area contributed by atoms with Gasteiger partial charge in [-0.3, -0.25) is 0 Å². The second-order valence-corrected chi connectivity index (χ2v) is 6.04. The van der Waals surface area contributed by atoms with E-state index in [9.17, 15) is 5.11 Å². The van der Waals surface area contributed by atoms with Crippen LogP contribution in [0, 0.1) is 5.92 Å². The Morgan fingerprint density at radius 1 is 1.24 bits per heavy atom. The zero-order valence-corrected chi connectivity index (χ0v) is 11.4. The quantitative estimate of drug-likeness (QED) is 0.808. The molecule has 3 heteroatoms. The molecule has 100 valence electrons. The van der Waals surface area contributed by atoms with Gasteiger partial charge < -0.3 is 14.9 Å². The topological polar surface area (TPSA) is 26.7 Å². The monoisotopic (exact) mass is 240 g/mol. The Morgan fingerprint density at radius 2 is 2.06 bits per heavy atom. The van der Waals surface area contributed by atoms with E-state index >= 15 is 0 Å². The highest BCUT2D eigenvalue weighted by Gasteiger charge is 2.27. The zero-order valence-electron chi connectivity index (χ0n) is 11.4. The molecule has 0 aromatic carbocycles. The van der Waals surface area contributed by atoms with E-state index in [-0.39, 0.29) is 0 Å². The molecule has 17 heavy (non-hydrogen) atoms. The lowest BCUT2D eigenvalue weighted by molar-refractivity contribution is 0.0764. The lowest BCUT2D eigenvalue weighted by atomic mass is 9.93. The van der Waals surface area contributed by atoms with Crippen LogP contribution in [0.3, 0.4) is 0 Å². The Hall–Kier alpha value is -0.120. The summed E-state index contributed by atoms with van der Waals surface area (Å²) in [6, 6.07) is 1.52. The molecule has 3 unspecified atom stereocenters. The molecule has 3 atom stereocenters. The minimum atomic E-state index is 0.368. The van der Waals surface area contributed by atoms with E-state index in [1.807, 2.05) is 0 Å². The molecule has 0 aromatic heterocycles. The minimum Gasteiger partial charge on any atom is -0.396 e. The highest BCUT2D eigenvalue weighted by Crippen LogP contribution is 2.24. The van der Waals surface area contributed by atoms with Crippen molar-refractivity contribution >= 4 is 0 Å². The summed E-state index contributed by atoms with van der Waals surface area (Å²) >= 11 is 0. The fourth-order valence-electron chi connectivity index (χ4n) is 3.38. The molecule has 0 aliphatic carbocycles. The number of aliphatic hydroxyl groups excluding tert-OH is 1. The van der Waals surface area contributed by atoms with Crippen LogP contribution in [0.4, 0.5) is 0 Å². The fraction of sp³-hybridized carbons (Fsp3) is 1.00. The highest BCUT2D eigenvalue weighted by atomic mass is 16.3. The molecule has 2 heterocycles. The minimum absolute atomic E-state index is 0.368. The first-order valence-electron chi connectivity index (χ1n) is 7.26. The van der Waals surface area contributed by atoms with Crippen molar-refractivity contribution in [1.82, 2.24) is 9.80 Å². The van der Waals surface area contributed by atoms with Crippen LogP contribution in [0.2, 0.25) is 0 Å². The summed E-state index contributed by atoms with van der Waals surface area (Å²) in [7, 11) is 2.26. The Bertz CT molecular complexity index is 234. The third-order valence-electron chi connectivity index (χ3n) is 4.79. The number of piperidine rings is 1. The third-order valence-corrected chi connectivity index (χ3v) is 4.79. The van der Waals surface area contributed by atoms with Crippen LogP contribution in [0.1, 0.15) is 39.0 Å². The molecular formula is C14H28N2O. The predicted octanol–water partition coefficient (Wildman–Crippen LogP) is 1.56. The van der Waals surface area contributed by atoms with E-state index in [2.05, 4.69) is 23.8 Å². The molecule has 0 bridgehead atoms. The van der Waals surface area contributed by atoms with Crippen molar-refractivity contribution in [2.24, 2.45) is 5.92 Å². The first kappa shape index (κ1) is 13.3. The number of nitrogens with zero attached hydrogens (tertiary/aromatic N) is 2. The van der Waals surface area contributed by atoms with Crippen LogP contribution in [0.25, 0.3) is 0 Å². The van der Waals surface area contributed by atoms with Gasteiger partial charge in [-0.2, -0.15) is 0 Å². The molecule has 2 aliphatic rings. The van der Waals surface area contributed by atoms with Crippen LogP contribution in [0.15, 0.2) is 0 Å². The van der Waals surface area contributed by atoms with Gasteiger partial charge in [0.25, 0.3) is 0 Å². The number of hydrogen-bond donors (Lipinski definition) is 1. The highest BCUT2D eigenvalue weighted by molar-refractivity contribution is 4.82. The van der Waals surface area contributed by atoms with E-state index in [0.29, 0.717) is 18.6 Å². The van der Waals surface area contributed by atoms with Crippen molar-refractivity contribution in [2.45, 2.75) is 51.1 Å². The average molecular weight is 240 g/mol. The second kappa shape index (κ2) is 6.17. The van der Waals surface area contributed by atoms with E-state index in [4.69, 9.17) is 0 Å². The van der Waals surface area contributed by atoms with Crippen molar-refractivity contribution in [3.8, 4) is 0 Å². The molecule has 2 aliphatic heterocycles. The van der Waals surface area contributed by atoms with Crippen LogP contribution in [-0.2, 0) is 0 Å². The summed E-state index contributed by atoms with van der Waals surface area (Å²) in [5.41, 5.74) is 0. The molecular weight excluding hydrogens is 212 g/mol. The van der Waals surface area contributed by atoms with E-state index in [1.54, 1.807) is 0 Å². The smallest absolute Gasteiger partial charge is 0.0471 e. The van der Waals surface area contributed by atoms with E-state index in [1.165, 1.54) is 45.2 Å². The molecule has 0 aromatic rings. The first-order chi connectivity index (χ1) is 8.20. The van der Waals surface area contributed by atoms with Gasteiger partial charge in [0.15, 0.2) is 0 Å². The molecule has 3 nitrogen and oxygen atoms in total. The van der Waals surface area contributed by atoms with Crippen LogP contribution >= 0.6 is 0 Å².